The monoisotopic (exact) mass is 141 g/mol. The number of hydrogen-bond donors (Lipinski definition) is 1. The number of nitrogens with one attached hydrogen (secondary N) is 1. The molecule has 1 N–H and O–H groups in total. The summed E-state index contributed by atoms with van der Waals surface area (Å²) in [5.41, 5.74) is 0. The van der Waals surface area contributed by atoms with Crippen molar-refractivity contribution in [2.45, 2.75) is 43.9 Å². The van der Waals surface area contributed by atoms with Crippen LogP contribution in [0.2, 0.25) is 0 Å². The lowest BCUT2D eigenvalue weighted by Crippen LogP contribution is -2.44. The van der Waals surface area contributed by atoms with Gasteiger partial charge in [0, 0.05) is 19.2 Å². The van der Waals surface area contributed by atoms with Crippen LogP contribution in [0, 0.1) is 0 Å². The van der Waals surface area contributed by atoms with E-state index in [9.17, 15) is 0 Å². The summed E-state index contributed by atoms with van der Waals surface area (Å²) in [5.74, 6) is 0. The van der Waals surface area contributed by atoms with E-state index in [0.717, 1.165) is 6.04 Å². The zero-order chi connectivity index (χ0) is 6.97. The molecule has 0 aromatic rings. The summed E-state index contributed by atoms with van der Waals surface area (Å²) >= 11 is 0. The Hall–Kier alpha value is -0.0800. The zero-order valence-corrected chi connectivity index (χ0v) is 6.47. The number of fused-ring (bicyclic) bond motifs is 2. The summed E-state index contributed by atoms with van der Waals surface area (Å²) in [4.78, 5) is 0. The van der Waals surface area contributed by atoms with E-state index >= 15 is 0 Å². The molecule has 3 unspecified atom stereocenters. The van der Waals surface area contributed by atoms with Gasteiger partial charge in [0.15, 0.2) is 0 Å². The maximum Gasteiger partial charge on any atom is 0.0724 e. The van der Waals surface area contributed by atoms with Crippen LogP contribution in [0.3, 0.4) is 0 Å². The SMILES string of the molecule is COC1CCC2CCC1N2. The van der Waals surface area contributed by atoms with Gasteiger partial charge in [0.05, 0.1) is 6.10 Å². The normalized spacial score (nSPS) is 45.9. The Bertz CT molecular complexity index is 126. The molecule has 2 rings (SSSR count). The van der Waals surface area contributed by atoms with Gasteiger partial charge in [-0.05, 0) is 25.7 Å². The van der Waals surface area contributed by atoms with Crippen LogP contribution in [-0.2, 0) is 4.74 Å². The summed E-state index contributed by atoms with van der Waals surface area (Å²) in [6.45, 7) is 0. The third-order valence-corrected chi connectivity index (χ3v) is 2.83. The second-order valence-corrected chi connectivity index (χ2v) is 3.40. The minimum absolute atomic E-state index is 0.499. The summed E-state index contributed by atoms with van der Waals surface area (Å²) in [6, 6.07) is 1.49. The van der Waals surface area contributed by atoms with E-state index in [0.29, 0.717) is 12.1 Å². The van der Waals surface area contributed by atoms with Gasteiger partial charge in [0.25, 0.3) is 0 Å². The van der Waals surface area contributed by atoms with Crippen LogP contribution in [0.1, 0.15) is 25.7 Å². The second kappa shape index (κ2) is 2.51. The van der Waals surface area contributed by atoms with Crippen molar-refractivity contribution in [3.63, 3.8) is 0 Å². The summed E-state index contributed by atoms with van der Waals surface area (Å²) in [6.07, 6.45) is 5.76. The van der Waals surface area contributed by atoms with Crippen LogP contribution < -0.4 is 5.32 Å². The molecule has 2 nitrogen and oxygen atoms in total. The van der Waals surface area contributed by atoms with Gasteiger partial charge in [-0.3, -0.25) is 0 Å². The van der Waals surface area contributed by atoms with Crippen molar-refractivity contribution in [1.29, 1.82) is 0 Å². The lowest BCUT2D eigenvalue weighted by atomic mass is 10.0. The summed E-state index contributed by atoms with van der Waals surface area (Å²) < 4.78 is 5.36. The fraction of sp³-hybridized carbons (Fsp3) is 1.00. The molecule has 0 spiro atoms. The van der Waals surface area contributed by atoms with Crippen LogP contribution in [0.25, 0.3) is 0 Å². The third-order valence-electron chi connectivity index (χ3n) is 2.83. The summed E-state index contributed by atoms with van der Waals surface area (Å²) in [7, 11) is 1.82. The van der Waals surface area contributed by atoms with Crippen molar-refractivity contribution in [3.05, 3.63) is 0 Å². The van der Waals surface area contributed by atoms with Crippen LogP contribution in [0.4, 0.5) is 0 Å². The van der Waals surface area contributed by atoms with Gasteiger partial charge >= 0.3 is 0 Å². The van der Waals surface area contributed by atoms with Crippen molar-refractivity contribution in [3.8, 4) is 0 Å². The average molecular weight is 141 g/mol. The van der Waals surface area contributed by atoms with E-state index in [2.05, 4.69) is 5.32 Å². The minimum atomic E-state index is 0.499. The predicted octanol–water partition coefficient (Wildman–Crippen LogP) is 0.916. The second-order valence-electron chi connectivity index (χ2n) is 3.40. The Morgan fingerprint density at radius 1 is 1.20 bits per heavy atom. The van der Waals surface area contributed by atoms with Crippen LogP contribution in [0.5, 0.6) is 0 Å². The van der Waals surface area contributed by atoms with Crippen LogP contribution >= 0.6 is 0 Å². The highest BCUT2D eigenvalue weighted by Gasteiger charge is 2.34. The number of piperidine rings is 1. The fourth-order valence-electron chi connectivity index (χ4n) is 2.22. The molecule has 0 radical (unpaired) electrons. The van der Waals surface area contributed by atoms with Crippen LogP contribution in [-0.4, -0.2) is 25.3 Å². The zero-order valence-electron chi connectivity index (χ0n) is 6.47. The molecule has 2 aliphatic heterocycles. The minimum Gasteiger partial charge on any atom is -0.380 e. The topological polar surface area (TPSA) is 21.3 Å². The number of hydrogen-bond acceptors (Lipinski definition) is 2. The molecule has 0 amide bonds. The molecular weight excluding hydrogens is 126 g/mol. The van der Waals surface area contributed by atoms with E-state index in [1.54, 1.807) is 0 Å². The first-order chi connectivity index (χ1) is 4.90. The molecule has 0 aliphatic carbocycles. The van der Waals surface area contributed by atoms with Gasteiger partial charge < -0.3 is 10.1 Å². The Kier molecular flexibility index (Phi) is 1.66. The predicted molar refractivity (Wildman–Crippen MR) is 40.0 cm³/mol. The lowest BCUT2D eigenvalue weighted by Gasteiger charge is -2.28. The number of ether oxygens (including phenoxy) is 1. The summed E-state index contributed by atoms with van der Waals surface area (Å²) in [5, 5.41) is 3.57. The van der Waals surface area contributed by atoms with Gasteiger partial charge in [-0.25, -0.2) is 0 Å². The van der Waals surface area contributed by atoms with Crippen molar-refractivity contribution in [2.75, 3.05) is 7.11 Å². The molecule has 0 aromatic heterocycles. The van der Waals surface area contributed by atoms with Crippen molar-refractivity contribution in [1.82, 2.24) is 5.32 Å². The standard InChI is InChI=1S/C8H15NO/c1-10-8-5-3-6-2-4-7(8)9-6/h6-9H,2-5H2,1H3. The van der Waals surface area contributed by atoms with E-state index in [1.165, 1.54) is 25.7 Å². The molecule has 10 heavy (non-hydrogen) atoms. The molecule has 0 saturated carbocycles. The first-order valence-electron chi connectivity index (χ1n) is 4.19. The van der Waals surface area contributed by atoms with Gasteiger partial charge in [-0.15, -0.1) is 0 Å². The molecule has 2 saturated heterocycles. The maximum atomic E-state index is 5.36. The van der Waals surface area contributed by atoms with Gasteiger partial charge in [0.2, 0.25) is 0 Å². The van der Waals surface area contributed by atoms with E-state index in [4.69, 9.17) is 4.74 Å². The van der Waals surface area contributed by atoms with Gasteiger partial charge in [-0.2, -0.15) is 0 Å². The van der Waals surface area contributed by atoms with Gasteiger partial charge in [0.1, 0.15) is 0 Å². The number of rotatable bonds is 1. The lowest BCUT2D eigenvalue weighted by molar-refractivity contribution is 0.0509. The molecule has 2 bridgehead atoms. The van der Waals surface area contributed by atoms with Crippen LogP contribution in [0.15, 0.2) is 0 Å². The molecule has 3 atom stereocenters. The largest absolute Gasteiger partial charge is 0.380 e. The van der Waals surface area contributed by atoms with E-state index in [1.807, 2.05) is 7.11 Å². The fourth-order valence-corrected chi connectivity index (χ4v) is 2.22. The first-order valence-corrected chi connectivity index (χ1v) is 4.19. The van der Waals surface area contributed by atoms with Gasteiger partial charge in [-0.1, -0.05) is 0 Å². The Balaban J connectivity index is 2.00. The van der Waals surface area contributed by atoms with E-state index in [-0.39, 0.29) is 0 Å². The Morgan fingerprint density at radius 2 is 2.00 bits per heavy atom. The molecule has 2 heterocycles. The highest BCUT2D eigenvalue weighted by Crippen LogP contribution is 2.27. The maximum absolute atomic E-state index is 5.36. The molecule has 58 valence electrons. The quantitative estimate of drug-likeness (QED) is 0.586. The Morgan fingerprint density at radius 3 is 2.80 bits per heavy atom. The van der Waals surface area contributed by atoms with Crippen molar-refractivity contribution >= 4 is 0 Å². The Labute approximate surface area is 61.9 Å². The first kappa shape index (κ1) is 6.62. The van der Waals surface area contributed by atoms with Crippen molar-refractivity contribution in [2.24, 2.45) is 0 Å². The molecule has 0 aromatic carbocycles. The highest BCUT2D eigenvalue weighted by atomic mass is 16.5. The third kappa shape index (κ3) is 0.956. The average Bonchev–Trinajstić information content (AvgIpc) is 2.34. The molecular formula is C8H15NO. The molecule has 2 heteroatoms. The smallest absolute Gasteiger partial charge is 0.0724 e. The van der Waals surface area contributed by atoms with Crippen molar-refractivity contribution < 1.29 is 4.74 Å². The number of methoxy groups -OCH3 is 1. The highest BCUT2D eigenvalue weighted by molar-refractivity contribution is 4.93. The molecule has 2 fully saturated rings. The van der Waals surface area contributed by atoms with E-state index < -0.39 is 0 Å². The molecule has 2 aliphatic rings.